The van der Waals surface area contributed by atoms with E-state index in [0.717, 1.165) is 16.8 Å². The van der Waals surface area contributed by atoms with Crippen molar-refractivity contribution in [2.75, 3.05) is 6.61 Å². The number of amides is 1. The third-order valence-corrected chi connectivity index (χ3v) is 4.21. The summed E-state index contributed by atoms with van der Waals surface area (Å²) >= 11 is 0. The van der Waals surface area contributed by atoms with Gasteiger partial charge in [0.2, 0.25) is 0 Å². The average molecular weight is 345 g/mol. The van der Waals surface area contributed by atoms with Gasteiger partial charge in [0, 0.05) is 7.05 Å². The van der Waals surface area contributed by atoms with Crippen molar-refractivity contribution in [2.45, 2.75) is 33.7 Å². The summed E-state index contributed by atoms with van der Waals surface area (Å²) in [6.07, 6.45) is 0. The van der Waals surface area contributed by atoms with Crippen molar-refractivity contribution in [1.29, 1.82) is 0 Å². The van der Waals surface area contributed by atoms with Gasteiger partial charge in [0.25, 0.3) is 5.91 Å². The van der Waals surface area contributed by atoms with Crippen molar-refractivity contribution in [2.24, 2.45) is 7.05 Å². The van der Waals surface area contributed by atoms with Crippen molar-refractivity contribution in [1.82, 2.24) is 15.1 Å². The molecule has 0 aliphatic carbocycles. The zero-order valence-corrected chi connectivity index (χ0v) is 15.1. The maximum absolute atomic E-state index is 12.2. The molecular weight excluding hydrogens is 322 g/mol. The Morgan fingerprint density at radius 3 is 2.44 bits per heavy atom. The molecule has 2 rings (SSSR count). The van der Waals surface area contributed by atoms with Gasteiger partial charge in [0.05, 0.1) is 5.69 Å². The largest absolute Gasteiger partial charge is 0.480 e. The number of rotatable bonds is 6. The lowest BCUT2D eigenvalue weighted by Crippen LogP contribution is -2.36. The highest BCUT2D eigenvalue weighted by Gasteiger charge is 2.23. The Kier molecular flexibility index (Phi) is 5.46. The van der Waals surface area contributed by atoms with Crippen LogP contribution in [0.25, 0.3) is 0 Å². The normalized spacial score (nSPS) is 11.9. The van der Waals surface area contributed by atoms with Gasteiger partial charge in [-0.05, 0) is 44.4 Å². The zero-order valence-electron chi connectivity index (χ0n) is 15.1. The first-order valence-corrected chi connectivity index (χ1v) is 7.93. The second-order valence-corrected chi connectivity index (χ2v) is 6.09. The molecule has 25 heavy (non-hydrogen) atoms. The van der Waals surface area contributed by atoms with Crippen LogP contribution in [-0.4, -0.2) is 33.4 Å². The summed E-state index contributed by atoms with van der Waals surface area (Å²) in [7, 11) is 1.79. The number of carbonyl (C=O) groups excluding carboxylic acids is 1. The number of hydrogen-bond donors (Lipinski definition) is 2. The minimum absolute atomic E-state index is 0.276. The predicted octanol–water partition coefficient (Wildman–Crippen LogP) is 1.97. The van der Waals surface area contributed by atoms with E-state index >= 15 is 0 Å². The molecule has 0 aliphatic heterocycles. The van der Waals surface area contributed by atoms with E-state index < -0.39 is 17.9 Å². The summed E-state index contributed by atoms with van der Waals surface area (Å²) in [6, 6.07) is 4.19. The Morgan fingerprint density at radius 1 is 1.24 bits per heavy atom. The van der Waals surface area contributed by atoms with Crippen molar-refractivity contribution in [3.63, 3.8) is 0 Å². The van der Waals surface area contributed by atoms with E-state index in [4.69, 9.17) is 4.74 Å². The fourth-order valence-corrected chi connectivity index (χ4v) is 2.54. The predicted molar refractivity (Wildman–Crippen MR) is 92.6 cm³/mol. The molecule has 1 amide bonds. The van der Waals surface area contributed by atoms with Crippen molar-refractivity contribution < 1.29 is 19.4 Å². The van der Waals surface area contributed by atoms with E-state index in [-0.39, 0.29) is 6.61 Å². The van der Waals surface area contributed by atoms with Gasteiger partial charge in [-0.15, -0.1) is 0 Å². The molecular formula is C18H23N3O4. The number of aromatic nitrogens is 2. The summed E-state index contributed by atoms with van der Waals surface area (Å²) in [6.45, 7) is 7.19. The number of carboxylic acids is 1. The summed E-state index contributed by atoms with van der Waals surface area (Å²) in [4.78, 5) is 23.7. The van der Waals surface area contributed by atoms with Crippen LogP contribution in [0.3, 0.4) is 0 Å². The fourth-order valence-electron chi connectivity index (χ4n) is 2.54. The van der Waals surface area contributed by atoms with Crippen LogP contribution in [0.1, 0.15) is 34.1 Å². The first kappa shape index (κ1) is 18.5. The number of carbonyl (C=O) groups is 2. The molecule has 0 radical (unpaired) electrons. The number of aliphatic carboxylic acids is 1. The Hall–Kier alpha value is -2.83. The van der Waals surface area contributed by atoms with Crippen LogP contribution >= 0.6 is 0 Å². The van der Waals surface area contributed by atoms with E-state index in [1.54, 1.807) is 30.8 Å². The van der Waals surface area contributed by atoms with Gasteiger partial charge < -0.3 is 15.2 Å². The highest BCUT2D eigenvalue weighted by Crippen LogP contribution is 2.21. The monoisotopic (exact) mass is 345 g/mol. The van der Waals surface area contributed by atoms with E-state index in [1.807, 2.05) is 26.8 Å². The van der Waals surface area contributed by atoms with Crippen LogP contribution in [0.15, 0.2) is 18.2 Å². The Bertz CT molecular complexity index is 811. The molecule has 0 fully saturated rings. The number of aryl methyl sites for hydroxylation is 4. The first-order valence-electron chi connectivity index (χ1n) is 7.93. The maximum Gasteiger partial charge on any atom is 0.330 e. The highest BCUT2D eigenvalue weighted by molar-refractivity contribution is 5.85. The molecule has 2 aromatic rings. The van der Waals surface area contributed by atoms with E-state index in [2.05, 4.69) is 10.4 Å². The lowest BCUT2D eigenvalue weighted by atomic mass is 10.0. The van der Waals surface area contributed by atoms with Gasteiger partial charge in [-0.1, -0.05) is 18.2 Å². The molecule has 7 heteroatoms. The number of carboxylic acid groups (broad SMARTS) is 1. The Balaban J connectivity index is 2.07. The van der Waals surface area contributed by atoms with Crippen LogP contribution in [0.2, 0.25) is 0 Å². The molecule has 134 valence electrons. The van der Waals surface area contributed by atoms with Gasteiger partial charge in [-0.3, -0.25) is 9.48 Å². The zero-order chi connectivity index (χ0) is 18.7. The average Bonchev–Trinajstić information content (AvgIpc) is 2.78. The van der Waals surface area contributed by atoms with Crippen molar-refractivity contribution in [3.8, 4) is 5.75 Å². The molecule has 1 aromatic heterocycles. The molecule has 0 bridgehead atoms. The molecule has 1 heterocycles. The summed E-state index contributed by atoms with van der Waals surface area (Å²) in [5.74, 6) is -1.09. The highest BCUT2D eigenvalue weighted by atomic mass is 16.5. The fraction of sp³-hybridized carbons (Fsp3) is 0.389. The number of hydrogen-bond acceptors (Lipinski definition) is 4. The third-order valence-electron chi connectivity index (χ3n) is 4.21. The molecule has 0 saturated heterocycles. The minimum atomic E-state index is -1.12. The lowest BCUT2D eigenvalue weighted by Gasteiger charge is -2.16. The topological polar surface area (TPSA) is 93.5 Å². The number of benzene rings is 1. The van der Waals surface area contributed by atoms with Gasteiger partial charge in [-0.2, -0.15) is 5.10 Å². The first-order chi connectivity index (χ1) is 11.7. The SMILES string of the molecule is Cc1ccc(C(NC(=O)COc2c(C)nn(C)c2C)C(=O)O)cc1C. The molecule has 0 spiro atoms. The third kappa shape index (κ3) is 4.17. The van der Waals surface area contributed by atoms with Crippen molar-refractivity contribution >= 4 is 11.9 Å². The maximum atomic E-state index is 12.2. The molecule has 7 nitrogen and oxygen atoms in total. The van der Waals surface area contributed by atoms with E-state index in [9.17, 15) is 14.7 Å². The van der Waals surface area contributed by atoms with Crippen LogP contribution in [0.4, 0.5) is 0 Å². The van der Waals surface area contributed by atoms with Gasteiger partial charge in [0.1, 0.15) is 5.69 Å². The summed E-state index contributed by atoms with van der Waals surface area (Å²) in [5, 5.41) is 16.2. The summed E-state index contributed by atoms with van der Waals surface area (Å²) < 4.78 is 7.19. The van der Waals surface area contributed by atoms with Crippen molar-refractivity contribution in [3.05, 3.63) is 46.3 Å². The number of nitrogens with one attached hydrogen (secondary N) is 1. The van der Waals surface area contributed by atoms with Gasteiger partial charge in [-0.25, -0.2) is 4.79 Å². The van der Waals surface area contributed by atoms with Crippen LogP contribution in [-0.2, 0) is 16.6 Å². The van der Waals surface area contributed by atoms with E-state index in [0.29, 0.717) is 17.0 Å². The standard InChI is InChI=1S/C18H23N3O4/c1-10-6-7-14(8-11(10)2)16(18(23)24)19-15(22)9-25-17-12(3)20-21(5)13(17)4/h6-8,16H,9H2,1-5H3,(H,19,22)(H,23,24). The Morgan fingerprint density at radius 2 is 1.92 bits per heavy atom. The molecule has 1 aromatic carbocycles. The Labute approximate surface area is 146 Å². The van der Waals surface area contributed by atoms with Gasteiger partial charge >= 0.3 is 5.97 Å². The number of ether oxygens (including phenoxy) is 1. The minimum Gasteiger partial charge on any atom is -0.480 e. The molecule has 1 unspecified atom stereocenters. The summed E-state index contributed by atoms with van der Waals surface area (Å²) in [5.41, 5.74) is 4.03. The molecule has 2 N–H and O–H groups in total. The smallest absolute Gasteiger partial charge is 0.330 e. The molecule has 0 saturated carbocycles. The van der Waals surface area contributed by atoms with Crippen LogP contribution in [0, 0.1) is 27.7 Å². The lowest BCUT2D eigenvalue weighted by molar-refractivity contribution is -0.142. The quantitative estimate of drug-likeness (QED) is 0.835. The van der Waals surface area contributed by atoms with Crippen LogP contribution < -0.4 is 10.1 Å². The van der Waals surface area contributed by atoms with E-state index in [1.165, 1.54) is 0 Å². The van der Waals surface area contributed by atoms with Gasteiger partial charge in [0.15, 0.2) is 18.4 Å². The number of nitrogens with zero attached hydrogens (tertiary/aromatic N) is 2. The molecule has 0 aliphatic rings. The second kappa shape index (κ2) is 7.38. The second-order valence-electron chi connectivity index (χ2n) is 6.09. The van der Waals surface area contributed by atoms with Crippen LogP contribution in [0.5, 0.6) is 5.75 Å². The molecule has 1 atom stereocenters.